The number of nitrogens with zero attached hydrogens (tertiary/aromatic N) is 5. The molecule has 0 saturated carbocycles. The molecule has 6 heteroatoms. The molecule has 0 bridgehead atoms. The van der Waals surface area contributed by atoms with Gasteiger partial charge in [-0.1, -0.05) is 6.07 Å². The highest BCUT2D eigenvalue weighted by Crippen LogP contribution is 2.34. The van der Waals surface area contributed by atoms with Gasteiger partial charge in [0.05, 0.1) is 35.0 Å². The van der Waals surface area contributed by atoms with Crippen molar-refractivity contribution >= 4 is 21.9 Å². The van der Waals surface area contributed by atoms with E-state index < -0.39 is 0 Å². The molecule has 0 amide bonds. The van der Waals surface area contributed by atoms with E-state index in [1.807, 2.05) is 48.8 Å². The van der Waals surface area contributed by atoms with Crippen molar-refractivity contribution in [2.75, 3.05) is 6.61 Å². The third-order valence-electron chi connectivity index (χ3n) is 5.61. The molecular weight excluding hydrogens is 362 g/mol. The first-order chi connectivity index (χ1) is 14.2. The largest absolute Gasteiger partial charge is 0.378 e. The van der Waals surface area contributed by atoms with E-state index in [9.17, 15) is 5.26 Å². The van der Waals surface area contributed by atoms with Crippen molar-refractivity contribution in [3.05, 3.63) is 65.9 Å². The Morgan fingerprint density at radius 2 is 2.14 bits per heavy atom. The number of hydrogen-bond acceptors (Lipinski definition) is 5. The predicted octanol–water partition coefficient (Wildman–Crippen LogP) is 4.18. The summed E-state index contributed by atoms with van der Waals surface area (Å²) in [5, 5.41) is 10.4. The molecule has 144 valence electrons. The van der Waals surface area contributed by atoms with Gasteiger partial charge in [-0.05, 0) is 50.1 Å². The number of ether oxygens (including phenoxy) is 1. The lowest BCUT2D eigenvalue weighted by Crippen LogP contribution is -2.26. The van der Waals surface area contributed by atoms with Crippen LogP contribution < -0.4 is 0 Å². The van der Waals surface area contributed by atoms with Crippen LogP contribution in [0.25, 0.3) is 21.9 Å². The molecule has 4 heterocycles. The van der Waals surface area contributed by atoms with E-state index in [2.05, 4.69) is 27.5 Å². The first-order valence-electron chi connectivity index (χ1n) is 9.94. The molecule has 0 N–H and O–H groups in total. The van der Waals surface area contributed by atoms with Crippen LogP contribution in [-0.4, -0.2) is 32.2 Å². The topological polar surface area (TPSA) is 76.6 Å². The van der Waals surface area contributed by atoms with Crippen molar-refractivity contribution in [1.29, 1.82) is 5.26 Å². The van der Waals surface area contributed by atoms with E-state index in [-0.39, 0.29) is 6.10 Å². The standard InChI is InChI=1S/C23H21N5O/c1-15-10-18(7-9-29-15)28-22(12-17-4-2-3-8-25-17)27-21-14-26-20-6-5-16(13-24)11-19(20)23(21)28/h2-6,8,11,14-15,18H,7,9-10,12H2,1H3/t15-,18?/m1/s1. The Morgan fingerprint density at radius 1 is 1.21 bits per heavy atom. The second kappa shape index (κ2) is 7.26. The van der Waals surface area contributed by atoms with Gasteiger partial charge in [-0.3, -0.25) is 9.97 Å². The normalized spacial score (nSPS) is 19.4. The van der Waals surface area contributed by atoms with Gasteiger partial charge < -0.3 is 9.30 Å². The zero-order valence-electron chi connectivity index (χ0n) is 16.2. The van der Waals surface area contributed by atoms with Crippen molar-refractivity contribution in [1.82, 2.24) is 19.5 Å². The summed E-state index contributed by atoms with van der Waals surface area (Å²) in [6, 6.07) is 14.1. The highest BCUT2D eigenvalue weighted by molar-refractivity contribution is 6.02. The summed E-state index contributed by atoms with van der Waals surface area (Å²) in [7, 11) is 0. The third kappa shape index (κ3) is 3.24. The minimum absolute atomic E-state index is 0.205. The smallest absolute Gasteiger partial charge is 0.116 e. The lowest BCUT2D eigenvalue weighted by atomic mass is 10.0. The number of nitriles is 1. The Kier molecular flexibility index (Phi) is 4.45. The van der Waals surface area contributed by atoms with Gasteiger partial charge in [0.15, 0.2) is 0 Å². The monoisotopic (exact) mass is 383 g/mol. The number of hydrogen-bond donors (Lipinski definition) is 0. The Labute approximate surface area is 168 Å². The number of rotatable bonds is 3. The van der Waals surface area contributed by atoms with Gasteiger partial charge in [0.2, 0.25) is 0 Å². The first kappa shape index (κ1) is 17.8. The second-order valence-corrected chi connectivity index (χ2v) is 7.59. The fourth-order valence-corrected chi connectivity index (χ4v) is 4.29. The molecule has 6 nitrogen and oxygen atoms in total. The molecule has 4 aromatic rings. The molecule has 1 aliphatic rings. The van der Waals surface area contributed by atoms with Crippen LogP contribution in [0.1, 0.15) is 42.9 Å². The van der Waals surface area contributed by atoms with Crippen LogP contribution in [0.15, 0.2) is 48.8 Å². The van der Waals surface area contributed by atoms with Crippen LogP contribution in [-0.2, 0) is 11.2 Å². The zero-order valence-corrected chi connectivity index (χ0v) is 16.2. The van der Waals surface area contributed by atoms with Crippen molar-refractivity contribution in [2.45, 2.75) is 38.3 Å². The maximum Gasteiger partial charge on any atom is 0.116 e. The molecule has 1 saturated heterocycles. The second-order valence-electron chi connectivity index (χ2n) is 7.59. The predicted molar refractivity (Wildman–Crippen MR) is 110 cm³/mol. The maximum atomic E-state index is 9.40. The van der Waals surface area contributed by atoms with Crippen LogP contribution >= 0.6 is 0 Å². The zero-order chi connectivity index (χ0) is 19.8. The lowest BCUT2D eigenvalue weighted by molar-refractivity contribution is 0.00631. The van der Waals surface area contributed by atoms with Crippen LogP contribution in [0.5, 0.6) is 0 Å². The van der Waals surface area contributed by atoms with E-state index in [0.717, 1.165) is 52.9 Å². The van der Waals surface area contributed by atoms with Gasteiger partial charge >= 0.3 is 0 Å². The summed E-state index contributed by atoms with van der Waals surface area (Å²) in [6.45, 7) is 2.86. The highest BCUT2D eigenvalue weighted by Gasteiger charge is 2.26. The first-order valence-corrected chi connectivity index (χ1v) is 9.94. The molecule has 1 unspecified atom stereocenters. The lowest BCUT2D eigenvalue weighted by Gasteiger charge is -2.30. The van der Waals surface area contributed by atoms with E-state index in [1.54, 1.807) is 0 Å². The van der Waals surface area contributed by atoms with Gasteiger partial charge in [0.25, 0.3) is 0 Å². The summed E-state index contributed by atoms with van der Waals surface area (Å²) >= 11 is 0. The fourth-order valence-electron chi connectivity index (χ4n) is 4.29. The molecule has 29 heavy (non-hydrogen) atoms. The van der Waals surface area contributed by atoms with Crippen LogP contribution in [0, 0.1) is 11.3 Å². The Hall–Kier alpha value is -3.30. The van der Waals surface area contributed by atoms with Crippen molar-refractivity contribution in [3.63, 3.8) is 0 Å². The average molecular weight is 383 g/mol. The third-order valence-corrected chi connectivity index (χ3v) is 5.61. The van der Waals surface area contributed by atoms with Crippen molar-refractivity contribution in [3.8, 4) is 6.07 Å². The SMILES string of the molecule is C[C@@H]1CC(n2c(Cc3ccccn3)nc3cnc4ccc(C#N)cc4c32)CCO1. The molecule has 0 radical (unpaired) electrons. The van der Waals surface area contributed by atoms with Gasteiger partial charge in [-0.2, -0.15) is 5.26 Å². The maximum absolute atomic E-state index is 9.40. The summed E-state index contributed by atoms with van der Waals surface area (Å²) in [5.41, 5.74) is 4.40. The van der Waals surface area contributed by atoms with Gasteiger partial charge in [0.1, 0.15) is 11.3 Å². The van der Waals surface area contributed by atoms with Crippen molar-refractivity contribution < 1.29 is 4.74 Å². The fraction of sp³-hybridized carbons (Fsp3) is 0.304. The van der Waals surface area contributed by atoms with E-state index in [4.69, 9.17) is 9.72 Å². The molecule has 1 fully saturated rings. The Bertz CT molecular complexity index is 1220. The summed E-state index contributed by atoms with van der Waals surface area (Å²) in [5.74, 6) is 0.981. The highest BCUT2D eigenvalue weighted by atomic mass is 16.5. The van der Waals surface area contributed by atoms with Gasteiger partial charge in [-0.15, -0.1) is 0 Å². The van der Waals surface area contributed by atoms with Gasteiger partial charge in [0, 0.05) is 36.3 Å². The molecule has 2 atom stereocenters. The number of aromatic nitrogens is 4. The minimum Gasteiger partial charge on any atom is -0.378 e. The number of pyridine rings is 2. The number of benzene rings is 1. The van der Waals surface area contributed by atoms with Crippen LogP contribution in [0.2, 0.25) is 0 Å². The van der Waals surface area contributed by atoms with Crippen LogP contribution in [0.3, 0.4) is 0 Å². The van der Waals surface area contributed by atoms with Crippen molar-refractivity contribution in [2.24, 2.45) is 0 Å². The quantitative estimate of drug-likeness (QED) is 0.530. The summed E-state index contributed by atoms with van der Waals surface area (Å²) < 4.78 is 8.15. The Balaban J connectivity index is 1.76. The molecule has 3 aromatic heterocycles. The van der Waals surface area contributed by atoms with Gasteiger partial charge in [-0.25, -0.2) is 4.98 Å². The van der Waals surface area contributed by atoms with Crippen LogP contribution in [0.4, 0.5) is 0 Å². The molecule has 5 rings (SSSR count). The number of imidazole rings is 1. The van der Waals surface area contributed by atoms with E-state index >= 15 is 0 Å². The van der Waals surface area contributed by atoms with E-state index in [0.29, 0.717) is 18.0 Å². The summed E-state index contributed by atoms with van der Waals surface area (Å²) in [6.07, 6.45) is 6.38. The Morgan fingerprint density at radius 3 is 2.93 bits per heavy atom. The summed E-state index contributed by atoms with van der Waals surface area (Å²) in [4.78, 5) is 14.0. The minimum atomic E-state index is 0.205. The molecular formula is C23H21N5O. The molecule has 1 aromatic carbocycles. The number of fused-ring (bicyclic) bond motifs is 3. The average Bonchev–Trinajstić information content (AvgIpc) is 3.12. The van der Waals surface area contributed by atoms with E-state index in [1.165, 1.54) is 0 Å². The molecule has 1 aliphatic heterocycles. The molecule has 0 aliphatic carbocycles. The molecule has 0 spiro atoms.